The Morgan fingerprint density at radius 3 is 2.58 bits per heavy atom. The largest absolute Gasteiger partial charge is 0.504 e. The summed E-state index contributed by atoms with van der Waals surface area (Å²) in [5.41, 5.74) is 0.538. The van der Waals surface area contributed by atoms with Crippen LogP contribution in [-0.2, 0) is 9.59 Å². The number of rotatable bonds is 3. The van der Waals surface area contributed by atoms with Gasteiger partial charge in [-0.15, -0.1) is 0 Å². The van der Waals surface area contributed by atoms with Crippen LogP contribution in [0.2, 0.25) is 0 Å². The van der Waals surface area contributed by atoms with Gasteiger partial charge in [0.25, 0.3) is 5.91 Å². The summed E-state index contributed by atoms with van der Waals surface area (Å²) in [6.45, 7) is 0.206. The highest BCUT2D eigenvalue weighted by atomic mass is 16.3. The lowest BCUT2D eigenvalue weighted by molar-refractivity contribution is -0.115. The summed E-state index contributed by atoms with van der Waals surface area (Å²) < 4.78 is 0. The number of aromatic hydroxyl groups is 2. The summed E-state index contributed by atoms with van der Waals surface area (Å²) in [4.78, 5) is 24.3. The first-order valence-corrected chi connectivity index (χ1v) is 7.33. The van der Waals surface area contributed by atoms with Gasteiger partial charge in [-0.3, -0.25) is 14.6 Å². The van der Waals surface area contributed by atoms with Crippen LogP contribution in [0, 0.1) is 0 Å². The van der Waals surface area contributed by atoms with Gasteiger partial charge in [-0.25, -0.2) is 0 Å². The Morgan fingerprint density at radius 2 is 1.83 bits per heavy atom. The van der Waals surface area contributed by atoms with Crippen molar-refractivity contribution in [2.45, 2.75) is 6.42 Å². The highest BCUT2D eigenvalue weighted by Gasteiger charge is 2.28. The van der Waals surface area contributed by atoms with Crippen molar-refractivity contribution in [2.75, 3.05) is 16.9 Å². The number of ketones is 1. The number of hydrogen-bond donors (Lipinski definition) is 3. The van der Waals surface area contributed by atoms with E-state index in [0.717, 1.165) is 0 Å². The molecule has 0 fully saturated rings. The Kier molecular flexibility index (Phi) is 4.15. The molecule has 3 rings (SSSR count). The zero-order chi connectivity index (χ0) is 17.1. The lowest BCUT2D eigenvalue weighted by Gasteiger charge is -2.24. The van der Waals surface area contributed by atoms with Gasteiger partial charge in [-0.2, -0.15) is 5.10 Å². The highest BCUT2D eigenvalue weighted by Crippen LogP contribution is 2.36. The molecule has 0 aromatic heterocycles. The van der Waals surface area contributed by atoms with E-state index < -0.39 is 5.91 Å². The van der Waals surface area contributed by atoms with Crippen LogP contribution in [-0.4, -0.2) is 34.2 Å². The van der Waals surface area contributed by atoms with Gasteiger partial charge < -0.3 is 15.5 Å². The number of hydrazone groups is 1. The molecule has 0 spiro atoms. The van der Waals surface area contributed by atoms with Gasteiger partial charge in [0.15, 0.2) is 23.0 Å². The fourth-order valence-corrected chi connectivity index (χ4v) is 2.34. The van der Waals surface area contributed by atoms with Crippen LogP contribution >= 0.6 is 0 Å². The highest BCUT2D eigenvalue weighted by molar-refractivity contribution is 6.68. The Hall–Kier alpha value is -3.35. The Labute approximate surface area is 137 Å². The molecule has 0 bridgehead atoms. The SMILES string of the molecule is O=C1CCN(c2cccc(O)c2O)N=C1C(=O)Nc1ccccc1. The molecule has 0 unspecified atom stereocenters. The molecule has 0 atom stereocenters. The number of Topliss-reactive ketones (excluding diaryl/α,β-unsaturated/α-hetero) is 1. The first kappa shape index (κ1) is 15.5. The zero-order valence-electron chi connectivity index (χ0n) is 12.6. The standard InChI is InChI=1S/C17H15N3O4/c21-13-9-10-20(12-7-4-8-14(22)16(12)23)19-15(13)17(24)18-11-5-2-1-3-6-11/h1-8,22-23H,9-10H2,(H,18,24). The van der Waals surface area contributed by atoms with Crippen molar-refractivity contribution in [1.29, 1.82) is 0 Å². The number of phenolic OH excluding ortho intramolecular Hbond substituents is 2. The third-order valence-electron chi connectivity index (χ3n) is 3.55. The third kappa shape index (κ3) is 3.05. The second kappa shape index (κ2) is 6.41. The van der Waals surface area contributed by atoms with Gasteiger partial charge in [0, 0.05) is 18.7 Å². The first-order chi connectivity index (χ1) is 11.6. The molecule has 0 saturated carbocycles. The minimum atomic E-state index is -0.615. The number of carbonyl (C=O) groups is 2. The van der Waals surface area contributed by atoms with E-state index >= 15 is 0 Å². The number of nitrogens with one attached hydrogen (secondary N) is 1. The number of amides is 1. The monoisotopic (exact) mass is 325 g/mol. The number of carbonyl (C=O) groups excluding carboxylic acids is 2. The maximum atomic E-state index is 12.3. The van der Waals surface area contributed by atoms with Gasteiger partial charge >= 0.3 is 0 Å². The molecule has 1 heterocycles. The molecular formula is C17H15N3O4. The van der Waals surface area contributed by atoms with E-state index in [9.17, 15) is 19.8 Å². The Balaban J connectivity index is 1.88. The third-order valence-corrected chi connectivity index (χ3v) is 3.55. The quantitative estimate of drug-likeness (QED) is 0.748. The summed E-state index contributed by atoms with van der Waals surface area (Å²) >= 11 is 0. The summed E-state index contributed by atoms with van der Waals surface area (Å²) in [6, 6.07) is 13.1. The summed E-state index contributed by atoms with van der Waals surface area (Å²) in [5.74, 6) is -1.64. The maximum Gasteiger partial charge on any atom is 0.279 e. The summed E-state index contributed by atoms with van der Waals surface area (Å²) in [5, 5.41) is 27.5. The molecule has 0 radical (unpaired) electrons. The first-order valence-electron chi connectivity index (χ1n) is 7.33. The van der Waals surface area contributed by atoms with Gasteiger partial charge in [0.2, 0.25) is 0 Å². The van der Waals surface area contributed by atoms with Crippen molar-refractivity contribution in [2.24, 2.45) is 5.10 Å². The number of para-hydroxylation sites is 2. The molecule has 24 heavy (non-hydrogen) atoms. The predicted octanol–water partition coefficient (Wildman–Crippen LogP) is 1.87. The predicted molar refractivity (Wildman–Crippen MR) is 89.2 cm³/mol. The number of anilines is 2. The lowest BCUT2D eigenvalue weighted by Crippen LogP contribution is -2.39. The average Bonchev–Trinajstić information content (AvgIpc) is 2.59. The molecule has 1 aliphatic heterocycles. The van der Waals surface area contributed by atoms with Crippen molar-refractivity contribution in [3.8, 4) is 11.5 Å². The second-order valence-electron chi connectivity index (χ2n) is 5.21. The maximum absolute atomic E-state index is 12.3. The van der Waals surface area contributed by atoms with Crippen LogP contribution in [0.15, 0.2) is 53.6 Å². The molecule has 0 aliphatic carbocycles. The fourth-order valence-electron chi connectivity index (χ4n) is 2.34. The van der Waals surface area contributed by atoms with Crippen LogP contribution in [0.3, 0.4) is 0 Å². The topological polar surface area (TPSA) is 102 Å². The molecule has 3 N–H and O–H groups in total. The smallest absolute Gasteiger partial charge is 0.279 e. The van der Waals surface area contributed by atoms with Crippen molar-refractivity contribution in [3.05, 3.63) is 48.5 Å². The van der Waals surface area contributed by atoms with Gasteiger partial charge in [0.1, 0.15) is 5.69 Å². The van der Waals surface area contributed by atoms with Crippen molar-refractivity contribution < 1.29 is 19.8 Å². The van der Waals surface area contributed by atoms with E-state index in [0.29, 0.717) is 5.69 Å². The van der Waals surface area contributed by atoms with E-state index in [2.05, 4.69) is 10.4 Å². The molecule has 1 aliphatic rings. The van der Waals surface area contributed by atoms with Crippen LogP contribution in [0.1, 0.15) is 6.42 Å². The molecule has 7 nitrogen and oxygen atoms in total. The number of benzene rings is 2. The second-order valence-corrected chi connectivity index (χ2v) is 5.21. The minimum Gasteiger partial charge on any atom is -0.504 e. The normalized spacial score (nSPS) is 14.2. The van der Waals surface area contributed by atoms with Crippen molar-refractivity contribution in [3.63, 3.8) is 0 Å². The zero-order valence-corrected chi connectivity index (χ0v) is 12.6. The Morgan fingerprint density at radius 1 is 1.08 bits per heavy atom. The van der Waals surface area contributed by atoms with Crippen molar-refractivity contribution >= 4 is 28.8 Å². The van der Waals surface area contributed by atoms with E-state index in [1.54, 1.807) is 36.4 Å². The number of phenols is 2. The molecule has 1 amide bonds. The summed E-state index contributed by atoms with van der Waals surface area (Å²) in [6.07, 6.45) is 0.0795. The van der Waals surface area contributed by atoms with Gasteiger partial charge in [-0.1, -0.05) is 24.3 Å². The van der Waals surface area contributed by atoms with E-state index in [1.807, 2.05) is 6.07 Å². The number of hydrogen-bond acceptors (Lipinski definition) is 6. The van der Waals surface area contributed by atoms with Gasteiger partial charge in [-0.05, 0) is 24.3 Å². The van der Waals surface area contributed by atoms with Crippen LogP contribution in [0.25, 0.3) is 0 Å². The molecule has 7 heteroatoms. The Bertz CT molecular complexity index is 818. The van der Waals surface area contributed by atoms with E-state index in [-0.39, 0.29) is 41.6 Å². The molecule has 122 valence electrons. The van der Waals surface area contributed by atoms with E-state index in [4.69, 9.17) is 0 Å². The summed E-state index contributed by atoms with van der Waals surface area (Å²) in [7, 11) is 0. The molecule has 0 saturated heterocycles. The van der Waals surface area contributed by atoms with Gasteiger partial charge in [0.05, 0.1) is 0 Å². The van der Waals surface area contributed by atoms with Crippen molar-refractivity contribution in [1.82, 2.24) is 0 Å². The molecule has 2 aromatic carbocycles. The van der Waals surface area contributed by atoms with Crippen LogP contribution in [0.4, 0.5) is 11.4 Å². The average molecular weight is 325 g/mol. The van der Waals surface area contributed by atoms with Crippen LogP contribution in [0.5, 0.6) is 11.5 Å². The minimum absolute atomic E-state index is 0.0795. The van der Waals surface area contributed by atoms with Crippen LogP contribution < -0.4 is 10.3 Å². The molecule has 2 aromatic rings. The lowest BCUT2D eigenvalue weighted by atomic mass is 10.1. The van der Waals surface area contributed by atoms with E-state index in [1.165, 1.54) is 11.1 Å². The fraction of sp³-hybridized carbons (Fsp3) is 0.118. The number of nitrogens with zero attached hydrogens (tertiary/aromatic N) is 2. The molecular weight excluding hydrogens is 310 g/mol.